The van der Waals surface area contributed by atoms with Crippen LogP contribution in [0.4, 0.5) is 14.5 Å². The molecule has 0 unspecified atom stereocenters. The minimum Gasteiger partial charge on any atom is -0.320 e. The molecule has 0 aliphatic carbocycles. The summed E-state index contributed by atoms with van der Waals surface area (Å²) in [5.41, 5.74) is 0.268. The fraction of sp³-hybridized carbons (Fsp3) is 0.200. The Morgan fingerprint density at radius 1 is 1.38 bits per heavy atom. The molecule has 1 aromatic rings. The molecule has 0 spiro atoms. The Morgan fingerprint density at radius 2 is 2.00 bits per heavy atom. The summed E-state index contributed by atoms with van der Waals surface area (Å²) in [6, 6.07) is 4.44. The summed E-state index contributed by atoms with van der Waals surface area (Å²) in [7, 11) is 0. The Balaban J connectivity index is 3.06. The minimum atomic E-state index is -3.11. The highest BCUT2D eigenvalue weighted by Gasteiger charge is 2.17. The molecule has 6 heteroatoms. The Kier molecular flexibility index (Phi) is 4.12. The molecule has 0 heterocycles. The first-order valence-electron chi connectivity index (χ1n) is 4.31. The molecule has 0 saturated carbocycles. The molecule has 86 valence electrons. The van der Waals surface area contributed by atoms with Crippen LogP contribution in [0, 0.1) is 0 Å². The summed E-state index contributed by atoms with van der Waals surface area (Å²) in [5, 5.41) is 1.99. The van der Waals surface area contributed by atoms with Gasteiger partial charge in [-0.3, -0.25) is 9.59 Å². The molecule has 0 aromatic heterocycles. The number of carbonyl (C=O) groups is 2. The number of Topliss-reactive ketones (excluding diaryl/α,β-unsaturated/α-hetero) is 1. The Bertz CT molecular complexity index is 435. The van der Waals surface area contributed by atoms with E-state index in [2.05, 4.69) is 15.9 Å². The fourth-order valence-corrected chi connectivity index (χ4v) is 1.48. The molecule has 1 amide bonds. The van der Waals surface area contributed by atoms with Crippen molar-refractivity contribution in [1.29, 1.82) is 0 Å². The Morgan fingerprint density at radius 3 is 2.50 bits per heavy atom. The first kappa shape index (κ1) is 12.8. The molecule has 0 bridgehead atoms. The molecule has 1 N–H and O–H groups in total. The van der Waals surface area contributed by atoms with E-state index in [0.717, 1.165) is 0 Å². The van der Waals surface area contributed by atoms with E-state index in [4.69, 9.17) is 0 Å². The van der Waals surface area contributed by atoms with Crippen molar-refractivity contribution in [3.05, 3.63) is 28.2 Å². The van der Waals surface area contributed by atoms with Crippen LogP contribution in [0.15, 0.2) is 22.7 Å². The van der Waals surface area contributed by atoms with Gasteiger partial charge in [0.25, 0.3) is 5.91 Å². The maximum atomic E-state index is 12.0. The summed E-state index contributed by atoms with van der Waals surface area (Å²) < 4.78 is 24.7. The second-order valence-electron chi connectivity index (χ2n) is 3.04. The maximum absolute atomic E-state index is 12.0. The molecule has 0 atom stereocenters. The molecule has 3 nitrogen and oxygen atoms in total. The van der Waals surface area contributed by atoms with E-state index in [1.54, 1.807) is 6.07 Å². The van der Waals surface area contributed by atoms with E-state index in [0.29, 0.717) is 4.47 Å². The first-order valence-corrected chi connectivity index (χ1v) is 5.10. The topological polar surface area (TPSA) is 46.2 Å². The summed E-state index contributed by atoms with van der Waals surface area (Å²) in [4.78, 5) is 22.0. The van der Waals surface area contributed by atoms with E-state index >= 15 is 0 Å². The lowest BCUT2D eigenvalue weighted by molar-refractivity contribution is -0.126. The average molecular weight is 292 g/mol. The zero-order valence-corrected chi connectivity index (χ0v) is 9.85. The van der Waals surface area contributed by atoms with Gasteiger partial charge in [0.05, 0.1) is 5.69 Å². The number of ketones is 1. The van der Waals surface area contributed by atoms with Gasteiger partial charge in [0.2, 0.25) is 0 Å². The van der Waals surface area contributed by atoms with Gasteiger partial charge in [0.1, 0.15) is 0 Å². The average Bonchev–Trinajstić information content (AvgIpc) is 2.16. The molecule has 0 aliphatic heterocycles. The van der Waals surface area contributed by atoms with Crippen LogP contribution in [0.25, 0.3) is 0 Å². The first-order chi connectivity index (χ1) is 7.41. The number of halogens is 3. The van der Waals surface area contributed by atoms with Crippen LogP contribution in [-0.4, -0.2) is 18.1 Å². The fourth-order valence-electron chi connectivity index (χ4n) is 1.11. The monoisotopic (exact) mass is 291 g/mol. The van der Waals surface area contributed by atoms with Gasteiger partial charge < -0.3 is 5.32 Å². The van der Waals surface area contributed by atoms with Crippen LogP contribution in [0.5, 0.6) is 0 Å². The van der Waals surface area contributed by atoms with Crippen LogP contribution in [-0.2, 0) is 4.79 Å². The number of anilines is 1. The van der Waals surface area contributed by atoms with Crippen molar-refractivity contribution in [1.82, 2.24) is 0 Å². The molecule has 0 fully saturated rings. The van der Waals surface area contributed by atoms with Gasteiger partial charge in [0, 0.05) is 10.0 Å². The molecule has 0 aliphatic rings. The van der Waals surface area contributed by atoms with Gasteiger partial charge in [-0.2, -0.15) is 8.78 Å². The van der Waals surface area contributed by atoms with Crippen molar-refractivity contribution in [2.24, 2.45) is 0 Å². The van der Waals surface area contributed by atoms with Crippen LogP contribution in [0.2, 0.25) is 0 Å². The largest absolute Gasteiger partial charge is 0.320 e. The standard InChI is InChI=1S/C10H8BrF2NO2/c1-5(15)7-3-2-6(11)4-8(7)14-10(16)9(12)13/h2-4,9H,1H3,(H,14,16). The number of hydrogen-bond acceptors (Lipinski definition) is 2. The summed E-state index contributed by atoms with van der Waals surface area (Å²) >= 11 is 3.12. The van der Waals surface area contributed by atoms with Crippen molar-refractivity contribution in [3.8, 4) is 0 Å². The second-order valence-corrected chi connectivity index (χ2v) is 3.95. The van der Waals surface area contributed by atoms with Gasteiger partial charge in [-0.1, -0.05) is 15.9 Å². The normalized spacial score (nSPS) is 10.3. The smallest absolute Gasteiger partial charge is 0.315 e. The van der Waals surface area contributed by atoms with Crippen molar-refractivity contribution in [3.63, 3.8) is 0 Å². The third-order valence-electron chi connectivity index (χ3n) is 1.82. The van der Waals surface area contributed by atoms with E-state index in [1.165, 1.54) is 19.1 Å². The van der Waals surface area contributed by atoms with E-state index in [9.17, 15) is 18.4 Å². The lowest BCUT2D eigenvalue weighted by Gasteiger charge is -2.09. The Labute approximate surface area is 99.0 Å². The molecule has 0 radical (unpaired) electrons. The zero-order chi connectivity index (χ0) is 12.3. The Hall–Kier alpha value is -1.30. The minimum absolute atomic E-state index is 0.0761. The zero-order valence-electron chi connectivity index (χ0n) is 8.26. The van der Waals surface area contributed by atoms with Crippen molar-refractivity contribution in [2.75, 3.05) is 5.32 Å². The predicted molar refractivity (Wildman–Crippen MR) is 58.8 cm³/mol. The number of benzene rings is 1. The van der Waals surface area contributed by atoms with Gasteiger partial charge in [-0.15, -0.1) is 0 Å². The quantitative estimate of drug-likeness (QED) is 0.871. The van der Waals surface area contributed by atoms with E-state index < -0.39 is 12.3 Å². The van der Waals surface area contributed by atoms with Crippen LogP contribution in [0.1, 0.15) is 17.3 Å². The number of carbonyl (C=O) groups excluding carboxylic acids is 2. The third-order valence-corrected chi connectivity index (χ3v) is 2.31. The lowest BCUT2D eigenvalue weighted by Crippen LogP contribution is -2.21. The molecule has 1 aromatic carbocycles. The molecule has 1 rings (SSSR count). The number of amides is 1. The number of nitrogens with one attached hydrogen (secondary N) is 1. The lowest BCUT2D eigenvalue weighted by atomic mass is 10.1. The van der Waals surface area contributed by atoms with Gasteiger partial charge in [-0.25, -0.2) is 0 Å². The van der Waals surface area contributed by atoms with Gasteiger partial charge >= 0.3 is 6.43 Å². The molecular formula is C10H8BrF2NO2. The highest BCUT2D eigenvalue weighted by Crippen LogP contribution is 2.22. The van der Waals surface area contributed by atoms with E-state index in [-0.39, 0.29) is 17.0 Å². The molecule has 0 saturated heterocycles. The highest BCUT2D eigenvalue weighted by atomic mass is 79.9. The SMILES string of the molecule is CC(=O)c1ccc(Br)cc1NC(=O)C(F)F. The number of rotatable bonds is 3. The summed E-state index contributed by atoms with van der Waals surface area (Å²) in [6.45, 7) is 1.29. The van der Waals surface area contributed by atoms with Gasteiger partial charge in [0.15, 0.2) is 5.78 Å². The highest BCUT2D eigenvalue weighted by molar-refractivity contribution is 9.10. The van der Waals surface area contributed by atoms with Crippen LogP contribution in [0.3, 0.4) is 0 Å². The molecular weight excluding hydrogens is 284 g/mol. The number of hydrogen-bond donors (Lipinski definition) is 1. The van der Waals surface area contributed by atoms with E-state index in [1.807, 2.05) is 5.32 Å². The second kappa shape index (κ2) is 5.16. The maximum Gasteiger partial charge on any atom is 0.315 e. The summed E-state index contributed by atoms with van der Waals surface area (Å²) in [5.74, 6) is -1.74. The van der Waals surface area contributed by atoms with Crippen LogP contribution >= 0.6 is 15.9 Å². The summed E-state index contributed by atoms with van der Waals surface area (Å²) in [6.07, 6.45) is -3.11. The van der Waals surface area contributed by atoms with Crippen molar-refractivity contribution >= 4 is 33.3 Å². The number of alkyl halides is 2. The predicted octanol–water partition coefficient (Wildman–Crippen LogP) is 2.86. The molecule has 16 heavy (non-hydrogen) atoms. The van der Waals surface area contributed by atoms with Crippen molar-refractivity contribution in [2.45, 2.75) is 13.3 Å². The van der Waals surface area contributed by atoms with Crippen LogP contribution < -0.4 is 5.32 Å². The third kappa shape index (κ3) is 3.10. The van der Waals surface area contributed by atoms with Crippen molar-refractivity contribution < 1.29 is 18.4 Å². The van der Waals surface area contributed by atoms with Gasteiger partial charge in [-0.05, 0) is 25.1 Å².